The SMILES string of the molecule is Cc1ccc(-c2cc(C(=O)OCC(=O)Nc3ccc(Cl)c([N+](=O)[O-])c3)c3c(C)noc3n2)cc1. The maximum Gasteiger partial charge on any atom is 0.339 e. The van der Waals surface area contributed by atoms with Crippen LogP contribution in [-0.4, -0.2) is 33.5 Å². The van der Waals surface area contributed by atoms with Crippen LogP contribution in [0.15, 0.2) is 53.1 Å². The molecule has 0 aliphatic carbocycles. The number of carbonyl (C=O) groups excluding carboxylic acids is 2. The number of rotatable bonds is 6. The van der Waals surface area contributed by atoms with Crippen LogP contribution in [0.5, 0.6) is 0 Å². The molecule has 1 amide bonds. The highest BCUT2D eigenvalue weighted by Crippen LogP contribution is 2.29. The number of hydrogen-bond donors (Lipinski definition) is 1. The van der Waals surface area contributed by atoms with Crippen LogP contribution in [-0.2, 0) is 9.53 Å². The normalized spacial score (nSPS) is 10.8. The van der Waals surface area contributed by atoms with E-state index in [4.69, 9.17) is 20.9 Å². The molecule has 0 aliphatic heterocycles. The van der Waals surface area contributed by atoms with Crippen LogP contribution in [0.2, 0.25) is 5.02 Å². The average molecular weight is 481 g/mol. The summed E-state index contributed by atoms with van der Waals surface area (Å²) in [6, 6.07) is 12.9. The molecule has 10 nitrogen and oxygen atoms in total. The number of fused-ring (bicyclic) bond motifs is 1. The number of benzene rings is 2. The Labute approximate surface area is 197 Å². The summed E-state index contributed by atoms with van der Waals surface area (Å²) in [5, 5.41) is 17.6. The molecule has 2 heterocycles. The fourth-order valence-electron chi connectivity index (χ4n) is 3.26. The highest BCUT2D eigenvalue weighted by Gasteiger charge is 2.21. The molecule has 34 heavy (non-hydrogen) atoms. The molecule has 0 spiro atoms. The Morgan fingerprint density at radius 1 is 1.15 bits per heavy atom. The van der Waals surface area contributed by atoms with Crippen molar-refractivity contribution in [3.05, 3.63) is 80.5 Å². The number of esters is 1. The van der Waals surface area contributed by atoms with Crippen LogP contribution in [0.4, 0.5) is 11.4 Å². The van der Waals surface area contributed by atoms with Gasteiger partial charge in [0.1, 0.15) is 5.02 Å². The number of hydrogen-bond acceptors (Lipinski definition) is 8. The number of nitro groups is 1. The van der Waals surface area contributed by atoms with E-state index in [0.29, 0.717) is 16.8 Å². The van der Waals surface area contributed by atoms with E-state index in [9.17, 15) is 19.7 Å². The van der Waals surface area contributed by atoms with Crippen LogP contribution in [0.25, 0.3) is 22.4 Å². The zero-order valence-electron chi connectivity index (χ0n) is 18.0. The third-order valence-electron chi connectivity index (χ3n) is 4.95. The Morgan fingerprint density at radius 2 is 1.88 bits per heavy atom. The number of nitro benzene ring substituents is 1. The fraction of sp³-hybridized carbons (Fsp3) is 0.130. The maximum absolute atomic E-state index is 12.9. The molecule has 0 fully saturated rings. The first-order valence-corrected chi connectivity index (χ1v) is 10.4. The highest BCUT2D eigenvalue weighted by molar-refractivity contribution is 6.32. The van der Waals surface area contributed by atoms with Gasteiger partial charge in [-0.1, -0.05) is 46.6 Å². The van der Waals surface area contributed by atoms with Crippen LogP contribution in [0.1, 0.15) is 21.6 Å². The summed E-state index contributed by atoms with van der Waals surface area (Å²) in [5.74, 6) is -1.46. The summed E-state index contributed by atoms with van der Waals surface area (Å²) >= 11 is 5.77. The van der Waals surface area contributed by atoms with Gasteiger partial charge in [-0.3, -0.25) is 14.9 Å². The molecule has 11 heteroatoms. The second-order valence-corrected chi connectivity index (χ2v) is 7.82. The van der Waals surface area contributed by atoms with E-state index in [1.807, 2.05) is 31.2 Å². The van der Waals surface area contributed by atoms with Gasteiger partial charge in [0.05, 0.1) is 27.3 Å². The number of nitrogens with zero attached hydrogens (tertiary/aromatic N) is 3. The molecule has 4 rings (SSSR count). The molecule has 2 aromatic heterocycles. The quantitative estimate of drug-likeness (QED) is 0.234. The molecule has 2 aromatic carbocycles. The third-order valence-corrected chi connectivity index (χ3v) is 5.26. The Morgan fingerprint density at radius 3 is 2.59 bits per heavy atom. The molecule has 172 valence electrons. The minimum Gasteiger partial charge on any atom is -0.452 e. The summed E-state index contributed by atoms with van der Waals surface area (Å²) in [4.78, 5) is 39.9. The second-order valence-electron chi connectivity index (χ2n) is 7.42. The lowest BCUT2D eigenvalue weighted by molar-refractivity contribution is -0.384. The molecule has 0 saturated carbocycles. The standard InChI is InChI=1S/C23H17ClN4O6/c1-12-3-5-14(6-4-12)18-10-16(21-13(2)27-34-22(21)26-18)23(30)33-11-20(29)25-15-7-8-17(24)19(9-15)28(31)32/h3-10H,11H2,1-2H3,(H,25,29). The molecular weight excluding hydrogens is 464 g/mol. The number of aryl methyl sites for hydroxylation is 2. The fourth-order valence-corrected chi connectivity index (χ4v) is 3.45. The van der Waals surface area contributed by atoms with Gasteiger partial charge in [-0.05, 0) is 32.0 Å². The summed E-state index contributed by atoms with van der Waals surface area (Å²) in [6.45, 7) is 3.00. The van der Waals surface area contributed by atoms with Gasteiger partial charge in [-0.25, -0.2) is 9.78 Å². The molecule has 0 atom stereocenters. The van der Waals surface area contributed by atoms with Crippen molar-refractivity contribution in [2.45, 2.75) is 13.8 Å². The molecule has 0 radical (unpaired) electrons. The molecule has 0 bridgehead atoms. The van der Waals surface area contributed by atoms with Gasteiger partial charge in [-0.15, -0.1) is 0 Å². The van der Waals surface area contributed by atoms with Crippen molar-refractivity contribution in [3.8, 4) is 11.3 Å². The van der Waals surface area contributed by atoms with E-state index < -0.39 is 23.4 Å². The number of carbonyl (C=O) groups is 2. The van der Waals surface area contributed by atoms with Gasteiger partial charge in [0.25, 0.3) is 17.3 Å². The minimum absolute atomic E-state index is 0.0652. The Bertz CT molecular complexity index is 1430. The first-order valence-electron chi connectivity index (χ1n) is 9.98. The lowest BCUT2D eigenvalue weighted by Crippen LogP contribution is -2.21. The van der Waals surface area contributed by atoms with Gasteiger partial charge >= 0.3 is 5.97 Å². The van der Waals surface area contributed by atoms with Crippen molar-refractivity contribution in [2.24, 2.45) is 0 Å². The Hall–Kier alpha value is -4.31. The zero-order chi connectivity index (χ0) is 24.4. The Kier molecular flexibility index (Phi) is 6.24. The number of aromatic nitrogens is 2. The summed E-state index contributed by atoms with van der Waals surface area (Å²) < 4.78 is 10.5. The monoisotopic (exact) mass is 480 g/mol. The van der Waals surface area contributed by atoms with Gasteiger partial charge in [0.15, 0.2) is 6.61 Å². The van der Waals surface area contributed by atoms with Crippen LogP contribution in [0.3, 0.4) is 0 Å². The number of amides is 1. The first kappa shape index (κ1) is 22.9. The zero-order valence-corrected chi connectivity index (χ0v) is 18.8. The second kappa shape index (κ2) is 9.28. The van der Waals surface area contributed by atoms with Gasteiger partial charge in [0.2, 0.25) is 0 Å². The largest absolute Gasteiger partial charge is 0.452 e. The number of pyridine rings is 1. The summed E-state index contributed by atoms with van der Waals surface area (Å²) in [5.41, 5.74) is 2.85. The third kappa shape index (κ3) is 4.71. The van der Waals surface area contributed by atoms with E-state index >= 15 is 0 Å². The predicted molar refractivity (Wildman–Crippen MR) is 124 cm³/mol. The van der Waals surface area contributed by atoms with Crippen molar-refractivity contribution in [1.82, 2.24) is 10.1 Å². The predicted octanol–water partition coefficient (Wildman–Crippen LogP) is 4.86. The topological polar surface area (TPSA) is 137 Å². The minimum atomic E-state index is -0.774. The Balaban J connectivity index is 1.54. The number of nitrogens with one attached hydrogen (secondary N) is 1. The lowest BCUT2D eigenvalue weighted by atomic mass is 10.0. The van der Waals surface area contributed by atoms with Crippen molar-refractivity contribution in [1.29, 1.82) is 0 Å². The van der Waals surface area contributed by atoms with Crippen LogP contribution in [0, 0.1) is 24.0 Å². The van der Waals surface area contributed by atoms with Crippen molar-refractivity contribution in [3.63, 3.8) is 0 Å². The highest BCUT2D eigenvalue weighted by atomic mass is 35.5. The van der Waals surface area contributed by atoms with E-state index in [1.54, 1.807) is 13.0 Å². The van der Waals surface area contributed by atoms with Gasteiger partial charge < -0.3 is 14.6 Å². The number of anilines is 1. The molecule has 1 N–H and O–H groups in total. The van der Waals surface area contributed by atoms with Gasteiger partial charge in [-0.2, -0.15) is 0 Å². The molecule has 0 saturated heterocycles. The molecule has 4 aromatic rings. The maximum atomic E-state index is 12.9. The summed E-state index contributed by atoms with van der Waals surface area (Å²) in [6.07, 6.45) is 0. The molecule has 0 unspecified atom stereocenters. The van der Waals surface area contributed by atoms with E-state index in [0.717, 1.165) is 17.2 Å². The average Bonchev–Trinajstić information content (AvgIpc) is 3.19. The smallest absolute Gasteiger partial charge is 0.339 e. The first-order chi connectivity index (χ1) is 16.2. The van der Waals surface area contributed by atoms with Crippen LogP contribution < -0.4 is 5.32 Å². The van der Waals surface area contributed by atoms with E-state index in [1.165, 1.54) is 12.1 Å². The molecular formula is C23H17ClN4O6. The van der Waals surface area contributed by atoms with E-state index in [-0.39, 0.29) is 27.7 Å². The lowest BCUT2D eigenvalue weighted by Gasteiger charge is -2.09. The molecule has 0 aliphatic rings. The number of halogens is 1. The summed E-state index contributed by atoms with van der Waals surface area (Å²) in [7, 11) is 0. The van der Waals surface area contributed by atoms with E-state index in [2.05, 4.69) is 15.5 Å². The van der Waals surface area contributed by atoms with Crippen molar-refractivity contribution >= 4 is 46.0 Å². The van der Waals surface area contributed by atoms with Crippen LogP contribution >= 0.6 is 11.6 Å². The number of ether oxygens (including phenoxy) is 1. The van der Waals surface area contributed by atoms with Gasteiger partial charge in [0, 0.05) is 17.3 Å². The van der Waals surface area contributed by atoms with Crippen molar-refractivity contribution < 1.29 is 23.8 Å². The van der Waals surface area contributed by atoms with Crippen molar-refractivity contribution in [2.75, 3.05) is 11.9 Å².